The van der Waals surface area contributed by atoms with E-state index in [1.54, 1.807) is 11.0 Å². The molecule has 3 rings (SSSR count). The van der Waals surface area contributed by atoms with Crippen molar-refractivity contribution in [2.45, 2.75) is 13.3 Å². The van der Waals surface area contributed by atoms with Gasteiger partial charge in [-0.25, -0.2) is 0 Å². The van der Waals surface area contributed by atoms with Gasteiger partial charge >= 0.3 is 0 Å². The van der Waals surface area contributed by atoms with Gasteiger partial charge in [-0.3, -0.25) is 25.2 Å². The molecular formula is C21H23N3O5. The van der Waals surface area contributed by atoms with Gasteiger partial charge in [0.1, 0.15) is 11.5 Å². The van der Waals surface area contributed by atoms with E-state index in [9.17, 15) is 14.4 Å². The minimum atomic E-state index is -0.552. The van der Waals surface area contributed by atoms with Crippen molar-refractivity contribution in [3.05, 3.63) is 53.6 Å². The monoisotopic (exact) mass is 397 g/mol. The minimum absolute atomic E-state index is 0.0859. The second-order valence-corrected chi connectivity index (χ2v) is 6.79. The lowest BCUT2D eigenvalue weighted by Crippen LogP contribution is -2.45. The third-order valence-electron chi connectivity index (χ3n) is 4.75. The number of rotatable bonds is 5. The highest BCUT2D eigenvalue weighted by Gasteiger charge is 2.35. The zero-order valence-corrected chi connectivity index (χ0v) is 16.5. The molecule has 0 saturated carbocycles. The first-order chi connectivity index (χ1) is 13.9. The van der Waals surface area contributed by atoms with Gasteiger partial charge < -0.3 is 14.4 Å². The quantitative estimate of drug-likeness (QED) is 0.751. The van der Waals surface area contributed by atoms with E-state index < -0.39 is 17.7 Å². The van der Waals surface area contributed by atoms with Crippen LogP contribution in [0.15, 0.2) is 42.5 Å². The molecule has 152 valence electrons. The number of benzene rings is 2. The Balaban J connectivity index is 1.60. The number of hydrazine groups is 1. The van der Waals surface area contributed by atoms with Gasteiger partial charge in [-0.05, 0) is 31.2 Å². The number of aryl methyl sites for hydroxylation is 1. The van der Waals surface area contributed by atoms with E-state index >= 15 is 0 Å². The van der Waals surface area contributed by atoms with Gasteiger partial charge in [0.2, 0.25) is 11.8 Å². The summed E-state index contributed by atoms with van der Waals surface area (Å²) >= 11 is 0. The molecule has 1 saturated heterocycles. The van der Waals surface area contributed by atoms with Crippen LogP contribution in [0.25, 0.3) is 0 Å². The first-order valence-corrected chi connectivity index (χ1v) is 9.11. The van der Waals surface area contributed by atoms with E-state index in [4.69, 9.17) is 9.47 Å². The van der Waals surface area contributed by atoms with Crippen LogP contribution in [0, 0.1) is 12.8 Å². The average Bonchev–Trinajstić information content (AvgIpc) is 3.13. The van der Waals surface area contributed by atoms with Gasteiger partial charge in [-0.1, -0.05) is 17.7 Å². The lowest BCUT2D eigenvalue weighted by atomic mass is 10.1. The predicted octanol–water partition coefficient (Wildman–Crippen LogP) is 1.83. The topological polar surface area (TPSA) is 97.0 Å². The van der Waals surface area contributed by atoms with Crippen molar-refractivity contribution >= 4 is 23.4 Å². The third-order valence-corrected chi connectivity index (χ3v) is 4.75. The van der Waals surface area contributed by atoms with Crippen LogP contribution in [0.2, 0.25) is 0 Å². The summed E-state index contributed by atoms with van der Waals surface area (Å²) in [6, 6.07) is 12.2. The molecule has 2 N–H and O–H groups in total. The number of nitrogens with one attached hydrogen (secondary N) is 2. The molecule has 8 nitrogen and oxygen atoms in total. The highest BCUT2D eigenvalue weighted by molar-refractivity contribution is 6.01. The number of methoxy groups -OCH3 is 2. The molecule has 1 fully saturated rings. The van der Waals surface area contributed by atoms with E-state index in [0.29, 0.717) is 11.5 Å². The maximum absolute atomic E-state index is 12.4. The molecule has 1 aliphatic heterocycles. The zero-order valence-electron chi connectivity index (χ0n) is 16.5. The second-order valence-electron chi connectivity index (χ2n) is 6.79. The highest BCUT2D eigenvalue weighted by Crippen LogP contribution is 2.25. The fourth-order valence-electron chi connectivity index (χ4n) is 3.09. The van der Waals surface area contributed by atoms with Crippen molar-refractivity contribution in [2.75, 3.05) is 25.7 Å². The first kappa shape index (κ1) is 20.2. The summed E-state index contributed by atoms with van der Waals surface area (Å²) < 4.78 is 10.3. The number of carbonyl (C=O) groups is 3. The third kappa shape index (κ3) is 4.66. The molecule has 2 aromatic carbocycles. The van der Waals surface area contributed by atoms with E-state index in [0.717, 1.165) is 11.3 Å². The van der Waals surface area contributed by atoms with Gasteiger partial charge in [0, 0.05) is 30.3 Å². The standard InChI is InChI=1S/C21H23N3O5/c1-13-4-6-16(7-5-13)24-12-15(10-19(24)25)21(27)23-22-20(26)14-8-17(28-2)11-18(9-14)29-3/h4-9,11,15H,10,12H2,1-3H3,(H,22,26)(H,23,27)/t15-/m1/s1. The summed E-state index contributed by atoms with van der Waals surface area (Å²) in [7, 11) is 2.96. The van der Waals surface area contributed by atoms with Gasteiger partial charge in [0.25, 0.3) is 5.91 Å². The van der Waals surface area contributed by atoms with Crippen molar-refractivity contribution < 1.29 is 23.9 Å². The van der Waals surface area contributed by atoms with Crippen molar-refractivity contribution in [2.24, 2.45) is 5.92 Å². The predicted molar refractivity (Wildman–Crippen MR) is 107 cm³/mol. The van der Waals surface area contributed by atoms with Gasteiger partial charge in [0.05, 0.1) is 20.1 Å². The van der Waals surface area contributed by atoms with Crippen LogP contribution in [0.1, 0.15) is 22.3 Å². The highest BCUT2D eigenvalue weighted by atomic mass is 16.5. The van der Waals surface area contributed by atoms with E-state index in [-0.39, 0.29) is 24.4 Å². The van der Waals surface area contributed by atoms with Crippen molar-refractivity contribution in [3.63, 3.8) is 0 Å². The Hall–Kier alpha value is -3.55. The van der Waals surface area contributed by atoms with Crippen LogP contribution in [0.3, 0.4) is 0 Å². The normalized spacial score (nSPS) is 15.8. The summed E-state index contributed by atoms with van der Waals surface area (Å²) in [5, 5.41) is 0. The van der Waals surface area contributed by atoms with Gasteiger partial charge in [0.15, 0.2) is 0 Å². The van der Waals surface area contributed by atoms with E-state index in [2.05, 4.69) is 10.9 Å². The molecule has 8 heteroatoms. The fourth-order valence-corrected chi connectivity index (χ4v) is 3.09. The van der Waals surface area contributed by atoms with Crippen LogP contribution in [-0.2, 0) is 9.59 Å². The van der Waals surface area contributed by atoms with Gasteiger partial charge in [-0.15, -0.1) is 0 Å². The summed E-state index contributed by atoms with van der Waals surface area (Å²) in [5.74, 6) is -0.708. The molecule has 29 heavy (non-hydrogen) atoms. The van der Waals surface area contributed by atoms with Crippen LogP contribution in [0.4, 0.5) is 5.69 Å². The smallest absolute Gasteiger partial charge is 0.269 e. The van der Waals surface area contributed by atoms with E-state index in [1.807, 2.05) is 31.2 Å². The van der Waals surface area contributed by atoms with Crippen molar-refractivity contribution in [3.8, 4) is 11.5 Å². The van der Waals surface area contributed by atoms with E-state index in [1.165, 1.54) is 26.4 Å². The molecule has 0 aromatic heterocycles. The van der Waals surface area contributed by atoms with Crippen LogP contribution in [0.5, 0.6) is 11.5 Å². The first-order valence-electron chi connectivity index (χ1n) is 9.11. The average molecular weight is 397 g/mol. The maximum Gasteiger partial charge on any atom is 0.269 e. The second kappa shape index (κ2) is 8.64. The Labute approximate surface area is 168 Å². The SMILES string of the molecule is COc1cc(OC)cc(C(=O)NNC(=O)[C@@H]2CC(=O)N(c3ccc(C)cc3)C2)c1. The molecule has 1 aliphatic rings. The Kier molecular flexibility index (Phi) is 6.01. The lowest BCUT2D eigenvalue weighted by molar-refractivity contribution is -0.126. The lowest BCUT2D eigenvalue weighted by Gasteiger charge is -2.17. The molecular weight excluding hydrogens is 374 g/mol. The zero-order chi connectivity index (χ0) is 21.0. The molecule has 0 spiro atoms. The number of nitrogens with zero attached hydrogens (tertiary/aromatic N) is 1. The van der Waals surface area contributed by atoms with Crippen LogP contribution in [-0.4, -0.2) is 38.5 Å². The molecule has 3 amide bonds. The number of hydrogen-bond acceptors (Lipinski definition) is 5. The number of amides is 3. The number of ether oxygens (including phenoxy) is 2. The summed E-state index contributed by atoms with van der Waals surface area (Å²) in [5.41, 5.74) is 6.89. The molecule has 0 radical (unpaired) electrons. The number of hydrogen-bond donors (Lipinski definition) is 2. The number of carbonyl (C=O) groups excluding carboxylic acids is 3. The van der Waals surface area contributed by atoms with Crippen LogP contribution >= 0.6 is 0 Å². The Morgan fingerprint density at radius 3 is 2.21 bits per heavy atom. The van der Waals surface area contributed by atoms with Crippen molar-refractivity contribution in [1.29, 1.82) is 0 Å². The number of anilines is 1. The Bertz CT molecular complexity index is 904. The molecule has 0 aliphatic carbocycles. The molecule has 1 atom stereocenters. The summed E-state index contributed by atoms with van der Waals surface area (Å²) in [6.07, 6.45) is 0.0859. The van der Waals surface area contributed by atoms with Crippen LogP contribution < -0.4 is 25.2 Å². The fraction of sp³-hybridized carbons (Fsp3) is 0.286. The molecule has 2 aromatic rings. The Morgan fingerprint density at radius 2 is 1.62 bits per heavy atom. The Morgan fingerprint density at radius 1 is 1.00 bits per heavy atom. The van der Waals surface area contributed by atoms with Crippen molar-refractivity contribution in [1.82, 2.24) is 10.9 Å². The molecule has 0 unspecified atom stereocenters. The molecule has 1 heterocycles. The van der Waals surface area contributed by atoms with Gasteiger partial charge in [-0.2, -0.15) is 0 Å². The maximum atomic E-state index is 12.4. The summed E-state index contributed by atoms with van der Waals surface area (Å²) in [4.78, 5) is 38.7. The minimum Gasteiger partial charge on any atom is -0.497 e. The molecule has 0 bridgehead atoms. The largest absolute Gasteiger partial charge is 0.497 e. The summed E-state index contributed by atoms with van der Waals surface area (Å²) in [6.45, 7) is 2.23.